The van der Waals surface area contributed by atoms with Crippen LogP contribution in [0.4, 0.5) is 4.79 Å². The Morgan fingerprint density at radius 1 is 1.64 bits per heavy atom. The summed E-state index contributed by atoms with van der Waals surface area (Å²) in [5.74, 6) is 0. The number of halogens is 1. The molecule has 0 bridgehead atoms. The van der Waals surface area contributed by atoms with Gasteiger partial charge in [-0.15, -0.1) is 0 Å². The molecule has 0 aliphatic carbocycles. The Morgan fingerprint density at radius 3 is 3.14 bits per heavy atom. The van der Waals surface area contributed by atoms with Crippen molar-refractivity contribution < 1.29 is 9.90 Å². The highest BCUT2D eigenvalue weighted by atomic mass is 35.5. The molecule has 1 aliphatic heterocycles. The Kier molecular flexibility index (Phi) is 2.25. The normalized spacial score (nSPS) is 15.1. The summed E-state index contributed by atoms with van der Waals surface area (Å²) in [7, 11) is 0. The number of hydrogen-bond acceptors (Lipinski definition) is 3. The van der Waals surface area contributed by atoms with Crippen LogP contribution >= 0.6 is 11.6 Å². The molecule has 0 saturated heterocycles. The van der Waals surface area contributed by atoms with Crippen molar-refractivity contribution in [3.63, 3.8) is 0 Å². The van der Waals surface area contributed by atoms with E-state index in [9.17, 15) is 4.79 Å². The molecule has 6 heteroatoms. The van der Waals surface area contributed by atoms with Gasteiger partial charge in [0.2, 0.25) is 5.28 Å². The molecular weight excluding hydrogens is 206 g/mol. The van der Waals surface area contributed by atoms with E-state index in [1.807, 2.05) is 0 Å². The summed E-state index contributed by atoms with van der Waals surface area (Å²) in [6.45, 7) is 0.792. The number of aromatic nitrogens is 2. The first-order chi connectivity index (χ1) is 6.66. The topological polar surface area (TPSA) is 66.3 Å². The predicted octanol–water partition coefficient (Wildman–Crippen LogP) is 1.17. The van der Waals surface area contributed by atoms with E-state index in [0.29, 0.717) is 25.2 Å². The second kappa shape index (κ2) is 3.42. The molecule has 0 radical (unpaired) electrons. The number of fused-ring (bicyclic) bond motifs is 1. The Balaban J connectivity index is 2.29. The van der Waals surface area contributed by atoms with Crippen LogP contribution in [0.3, 0.4) is 0 Å². The van der Waals surface area contributed by atoms with Crippen molar-refractivity contribution in [2.75, 3.05) is 6.54 Å². The molecular formula is C8H8ClN3O2. The van der Waals surface area contributed by atoms with Crippen molar-refractivity contribution in [1.29, 1.82) is 0 Å². The monoisotopic (exact) mass is 213 g/mol. The van der Waals surface area contributed by atoms with Gasteiger partial charge in [0, 0.05) is 12.7 Å². The quantitative estimate of drug-likeness (QED) is 0.657. The molecule has 1 aromatic heterocycles. The first-order valence-electron chi connectivity index (χ1n) is 4.15. The minimum Gasteiger partial charge on any atom is -0.465 e. The average Bonchev–Trinajstić information content (AvgIpc) is 2.16. The highest BCUT2D eigenvalue weighted by molar-refractivity contribution is 6.28. The number of nitrogens with zero attached hydrogens (tertiary/aromatic N) is 3. The third-order valence-corrected chi connectivity index (χ3v) is 2.37. The maximum Gasteiger partial charge on any atom is 0.407 e. The number of rotatable bonds is 0. The Hall–Kier alpha value is -1.36. The first-order valence-corrected chi connectivity index (χ1v) is 4.53. The molecule has 74 valence electrons. The Bertz CT molecular complexity index is 383. The third kappa shape index (κ3) is 1.63. The lowest BCUT2D eigenvalue weighted by molar-refractivity contribution is 0.139. The maximum absolute atomic E-state index is 10.7. The minimum absolute atomic E-state index is 0.163. The van der Waals surface area contributed by atoms with Gasteiger partial charge in [-0.3, -0.25) is 0 Å². The molecule has 1 N–H and O–H groups in total. The van der Waals surface area contributed by atoms with Gasteiger partial charge in [0.15, 0.2) is 0 Å². The van der Waals surface area contributed by atoms with E-state index >= 15 is 0 Å². The zero-order chi connectivity index (χ0) is 10.1. The molecule has 0 spiro atoms. The fourth-order valence-electron chi connectivity index (χ4n) is 1.44. The van der Waals surface area contributed by atoms with Crippen molar-refractivity contribution in [2.45, 2.75) is 13.0 Å². The van der Waals surface area contributed by atoms with Gasteiger partial charge in [-0.05, 0) is 23.6 Å². The number of carbonyl (C=O) groups is 1. The van der Waals surface area contributed by atoms with Gasteiger partial charge >= 0.3 is 6.09 Å². The summed E-state index contributed by atoms with van der Waals surface area (Å²) in [5.41, 5.74) is 1.69. The van der Waals surface area contributed by atoms with Crippen LogP contribution in [0.15, 0.2) is 6.20 Å². The first kappa shape index (κ1) is 9.21. The number of amides is 1. The summed E-state index contributed by atoms with van der Waals surface area (Å²) >= 11 is 5.62. The van der Waals surface area contributed by atoms with Crippen LogP contribution in [-0.4, -0.2) is 32.6 Å². The third-order valence-electron chi connectivity index (χ3n) is 2.19. The lowest BCUT2D eigenvalue weighted by Crippen LogP contribution is -2.35. The molecule has 1 aromatic rings. The second-order valence-corrected chi connectivity index (χ2v) is 3.40. The van der Waals surface area contributed by atoms with E-state index in [2.05, 4.69) is 9.97 Å². The van der Waals surface area contributed by atoms with Crippen LogP contribution in [0.25, 0.3) is 0 Å². The molecule has 2 heterocycles. The molecule has 0 saturated carbocycles. The highest BCUT2D eigenvalue weighted by Crippen LogP contribution is 2.17. The van der Waals surface area contributed by atoms with E-state index in [4.69, 9.17) is 16.7 Å². The van der Waals surface area contributed by atoms with Gasteiger partial charge in [0.1, 0.15) is 0 Å². The summed E-state index contributed by atoms with van der Waals surface area (Å²) in [6, 6.07) is 0. The molecule has 0 aromatic carbocycles. The number of hydrogen-bond donors (Lipinski definition) is 1. The van der Waals surface area contributed by atoms with E-state index < -0.39 is 6.09 Å². The van der Waals surface area contributed by atoms with Crippen LogP contribution in [0.5, 0.6) is 0 Å². The van der Waals surface area contributed by atoms with Crippen LogP contribution in [0, 0.1) is 0 Å². The van der Waals surface area contributed by atoms with Gasteiger partial charge in [-0.2, -0.15) is 0 Å². The van der Waals surface area contributed by atoms with Crippen molar-refractivity contribution in [3.05, 3.63) is 22.7 Å². The second-order valence-electron chi connectivity index (χ2n) is 3.07. The van der Waals surface area contributed by atoms with E-state index in [1.54, 1.807) is 6.20 Å². The van der Waals surface area contributed by atoms with Crippen molar-refractivity contribution in [1.82, 2.24) is 14.9 Å². The van der Waals surface area contributed by atoms with Crippen LogP contribution in [0.2, 0.25) is 5.28 Å². The summed E-state index contributed by atoms with van der Waals surface area (Å²) in [6.07, 6.45) is 1.38. The van der Waals surface area contributed by atoms with Crippen molar-refractivity contribution in [2.24, 2.45) is 0 Å². The van der Waals surface area contributed by atoms with Gasteiger partial charge in [-0.1, -0.05) is 0 Å². The summed E-state index contributed by atoms with van der Waals surface area (Å²) in [4.78, 5) is 19.9. The zero-order valence-corrected chi connectivity index (χ0v) is 8.03. The van der Waals surface area contributed by atoms with Crippen molar-refractivity contribution >= 4 is 17.7 Å². The largest absolute Gasteiger partial charge is 0.465 e. The van der Waals surface area contributed by atoms with Gasteiger partial charge in [0.05, 0.1) is 12.2 Å². The summed E-state index contributed by atoms with van der Waals surface area (Å²) < 4.78 is 0. The standard InChI is InChI=1S/C8H8ClN3O2/c9-7-10-3-5-1-2-12(8(13)14)4-6(5)11-7/h3H,1-2,4H2,(H,13,14). The van der Waals surface area contributed by atoms with Crippen LogP contribution in [-0.2, 0) is 13.0 Å². The number of carboxylic acid groups (broad SMARTS) is 1. The molecule has 14 heavy (non-hydrogen) atoms. The Morgan fingerprint density at radius 2 is 2.43 bits per heavy atom. The van der Waals surface area contributed by atoms with E-state index in [-0.39, 0.29) is 5.28 Å². The lowest BCUT2D eigenvalue weighted by atomic mass is 10.1. The van der Waals surface area contributed by atoms with Gasteiger partial charge < -0.3 is 10.0 Å². The SMILES string of the molecule is O=C(O)N1CCc2cnc(Cl)nc2C1. The average molecular weight is 214 g/mol. The van der Waals surface area contributed by atoms with Crippen molar-refractivity contribution in [3.8, 4) is 0 Å². The van der Waals surface area contributed by atoms with Crippen LogP contribution in [0.1, 0.15) is 11.3 Å². The predicted molar refractivity (Wildman–Crippen MR) is 49.2 cm³/mol. The van der Waals surface area contributed by atoms with Gasteiger partial charge in [0.25, 0.3) is 0 Å². The maximum atomic E-state index is 10.7. The van der Waals surface area contributed by atoms with Crippen LogP contribution < -0.4 is 0 Å². The smallest absolute Gasteiger partial charge is 0.407 e. The zero-order valence-electron chi connectivity index (χ0n) is 7.27. The lowest BCUT2D eigenvalue weighted by Gasteiger charge is -2.24. The van der Waals surface area contributed by atoms with E-state index in [1.165, 1.54) is 4.90 Å². The molecule has 2 rings (SSSR count). The van der Waals surface area contributed by atoms with Gasteiger partial charge in [-0.25, -0.2) is 14.8 Å². The Labute approximate surface area is 85.3 Å². The highest BCUT2D eigenvalue weighted by Gasteiger charge is 2.21. The molecule has 0 unspecified atom stereocenters. The molecule has 5 nitrogen and oxygen atoms in total. The molecule has 1 amide bonds. The minimum atomic E-state index is -0.926. The molecule has 1 aliphatic rings. The van der Waals surface area contributed by atoms with E-state index in [0.717, 1.165) is 5.56 Å². The fraction of sp³-hybridized carbons (Fsp3) is 0.375. The summed E-state index contributed by atoms with van der Waals surface area (Å²) in [5, 5.41) is 8.95. The molecule has 0 fully saturated rings. The fourth-order valence-corrected chi connectivity index (χ4v) is 1.59. The molecule has 0 atom stereocenters.